The minimum Gasteiger partial charge on any atom is -0.481 e. The summed E-state index contributed by atoms with van der Waals surface area (Å²) in [6.07, 6.45) is 2.75. The van der Waals surface area contributed by atoms with Gasteiger partial charge in [-0.15, -0.1) is 12.4 Å². The van der Waals surface area contributed by atoms with Crippen LogP contribution in [0, 0.1) is 5.92 Å². The van der Waals surface area contributed by atoms with Gasteiger partial charge in [-0.05, 0) is 42.5 Å². The third-order valence-electron chi connectivity index (χ3n) is 5.03. The van der Waals surface area contributed by atoms with E-state index < -0.39 is 5.97 Å². The van der Waals surface area contributed by atoms with Gasteiger partial charge in [0, 0.05) is 26.2 Å². The van der Waals surface area contributed by atoms with Gasteiger partial charge in [0.2, 0.25) is 0 Å². The molecule has 1 atom stereocenters. The van der Waals surface area contributed by atoms with Crippen LogP contribution in [0.1, 0.15) is 29.5 Å². The van der Waals surface area contributed by atoms with E-state index in [1.165, 1.54) is 16.7 Å². The van der Waals surface area contributed by atoms with Crippen molar-refractivity contribution in [1.82, 2.24) is 10.2 Å². The molecule has 2 aromatic rings. The fraction of sp³-hybridized carbons (Fsp3) is 0.409. The van der Waals surface area contributed by atoms with Crippen LogP contribution in [-0.4, -0.2) is 42.2 Å². The predicted molar refractivity (Wildman–Crippen MR) is 111 cm³/mol. The second-order valence-electron chi connectivity index (χ2n) is 7.14. The number of carboxylic acids is 1. The summed E-state index contributed by atoms with van der Waals surface area (Å²) in [6, 6.07) is 19.2. The number of hydrogen-bond donors (Lipinski definition) is 2. The zero-order valence-corrected chi connectivity index (χ0v) is 16.5. The van der Waals surface area contributed by atoms with Crippen molar-refractivity contribution in [2.45, 2.75) is 25.8 Å². The molecule has 0 radical (unpaired) electrons. The molecule has 27 heavy (non-hydrogen) atoms. The Labute approximate surface area is 168 Å². The predicted octanol–water partition coefficient (Wildman–Crippen LogP) is 3.59. The van der Waals surface area contributed by atoms with Crippen molar-refractivity contribution in [1.29, 1.82) is 0 Å². The average molecular weight is 389 g/mol. The first-order chi connectivity index (χ1) is 12.7. The highest BCUT2D eigenvalue weighted by Crippen LogP contribution is 2.16. The maximum Gasteiger partial charge on any atom is 0.307 e. The molecule has 0 saturated carbocycles. The fourth-order valence-electron chi connectivity index (χ4n) is 3.61. The molecule has 0 aromatic heterocycles. The van der Waals surface area contributed by atoms with Crippen molar-refractivity contribution in [3.05, 3.63) is 71.3 Å². The largest absolute Gasteiger partial charge is 0.481 e. The van der Waals surface area contributed by atoms with Gasteiger partial charge in [0.25, 0.3) is 0 Å². The van der Waals surface area contributed by atoms with Crippen molar-refractivity contribution >= 4 is 18.4 Å². The molecule has 2 aromatic carbocycles. The van der Waals surface area contributed by atoms with Gasteiger partial charge in [0.1, 0.15) is 0 Å². The zero-order chi connectivity index (χ0) is 18.2. The zero-order valence-electron chi connectivity index (χ0n) is 15.6. The first-order valence-electron chi connectivity index (χ1n) is 9.48. The van der Waals surface area contributed by atoms with Gasteiger partial charge < -0.3 is 15.3 Å². The van der Waals surface area contributed by atoms with Crippen molar-refractivity contribution in [2.24, 2.45) is 5.92 Å². The summed E-state index contributed by atoms with van der Waals surface area (Å²) in [5.74, 6) is -0.851. The highest BCUT2D eigenvalue weighted by molar-refractivity contribution is 5.85. The van der Waals surface area contributed by atoms with Crippen LogP contribution in [0.5, 0.6) is 0 Å². The normalized spacial score (nSPS) is 17.3. The number of halogens is 1. The number of carboxylic acid groups (broad SMARTS) is 1. The van der Waals surface area contributed by atoms with Crippen LogP contribution in [0.15, 0.2) is 54.6 Å². The van der Waals surface area contributed by atoms with Crippen LogP contribution in [0.2, 0.25) is 0 Å². The van der Waals surface area contributed by atoms with Crippen LogP contribution in [0.25, 0.3) is 0 Å². The molecule has 0 unspecified atom stereocenters. The number of benzene rings is 2. The minimum absolute atomic E-state index is 0. The fourth-order valence-corrected chi connectivity index (χ4v) is 3.61. The lowest BCUT2D eigenvalue weighted by molar-refractivity contribution is -0.143. The number of aliphatic carboxylic acids is 1. The maximum absolute atomic E-state index is 11.1. The lowest BCUT2D eigenvalue weighted by Crippen LogP contribution is -2.41. The van der Waals surface area contributed by atoms with E-state index in [4.69, 9.17) is 5.11 Å². The topological polar surface area (TPSA) is 52.6 Å². The molecular weight excluding hydrogens is 360 g/mol. The number of nitrogens with one attached hydrogen (secondary N) is 1. The second kappa shape index (κ2) is 11.1. The SMILES string of the molecule is Cl.O=C(O)[C@@H]1CCCN(CCNCc2cccc(Cc3ccccc3)c2)C1. The monoisotopic (exact) mass is 388 g/mol. The molecule has 4 nitrogen and oxygen atoms in total. The van der Waals surface area contributed by atoms with Crippen LogP contribution in [0.3, 0.4) is 0 Å². The molecule has 0 aliphatic carbocycles. The summed E-state index contributed by atoms with van der Waals surface area (Å²) in [7, 11) is 0. The Balaban J connectivity index is 0.00000261. The summed E-state index contributed by atoms with van der Waals surface area (Å²) in [6.45, 7) is 4.34. The van der Waals surface area contributed by atoms with Gasteiger partial charge in [-0.3, -0.25) is 4.79 Å². The highest BCUT2D eigenvalue weighted by Gasteiger charge is 2.24. The van der Waals surface area contributed by atoms with Crippen LogP contribution < -0.4 is 5.32 Å². The third-order valence-corrected chi connectivity index (χ3v) is 5.03. The van der Waals surface area contributed by atoms with E-state index in [2.05, 4.69) is 58.7 Å². The summed E-state index contributed by atoms with van der Waals surface area (Å²) >= 11 is 0. The Morgan fingerprint density at radius 2 is 1.81 bits per heavy atom. The highest BCUT2D eigenvalue weighted by atomic mass is 35.5. The standard InChI is InChI=1S/C22H28N2O2.ClH/c25-22(26)21-10-5-12-24(17-21)13-11-23-16-20-9-4-8-19(15-20)14-18-6-2-1-3-7-18;/h1-4,6-9,15,21,23H,5,10-14,16-17H2,(H,25,26);1H/t21-;/m1./s1. The molecule has 1 heterocycles. The first-order valence-corrected chi connectivity index (χ1v) is 9.48. The van der Waals surface area contributed by atoms with Crippen molar-refractivity contribution in [3.63, 3.8) is 0 Å². The van der Waals surface area contributed by atoms with Crippen molar-refractivity contribution < 1.29 is 9.90 Å². The van der Waals surface area contributed by atoms with Gasteiger partial charge in [0.05, 0.1) is 5.92 Å². The van der Waals surface area contributed by atoms with Gasteiger partial charge in [0.15, 0.2) is 0 Å². The number of rotatable bonds is 8. The second-order valence-corrected chi connectivity index (χ2v) is 7.14. The Morgan fingerprint density at radius 1 is 1.07 bits per heavy atom. The smallest absolute Gasteiger partial charge is 0.307 e. The Hall–Kier alpha value is -1.88. The molecule has 3 rings (SSSR count). The molecule has 0 bridgehead atoms. The van der Waals surface area contributed by atoms with E-state index in [0.29, 0.717) is 6.54 Å². The number of likely N-dealkylation sites (tertiary alicyclic amines) is 1. The lowest BCUT2D eigenvalue weighted by atomic mass is 9.98. The summed E-state index contributed by atoms with van der Waals surface area (Å²) in [5.41, 5.74) is 3.95. The molecule has 1 saturated heterocycles. The lowest BCUT2D eigenvalue weighted by Gasteiger charge is -2.30. The van der Waals surface area contributed by atoms with Crippen molar-refractivity contribution in [3.8, 4) is 0 Å². The molecule has 5 heteroatoms. The van der Waals surface area contributed by atoms with Crippen LogP contribution >= 0.6 is 12.4 Å². The number of carbonyl (C=O) groups is 1. The molecule has 1 aliphatic heterocycles. The van der Waals surface area contributed by atoms with Gasteiger partial charge in [-0.25, -0.2) is 0 Å². The summed E-state index contributed by atoms with van der Waals surface area (Å²) in [4.78, 5) is 13.4. The quantitative estimate of drug-likeness (QED) is 0.678. The molecule has 1 fully saturated rings. The number of hydrogen-bond acceptors (Lipinski definition) is 3. The van der Waals surface area contributed by atoms with Gasteiger partial charge >= 0.3 is 5.97 Å². The van der Waals surface area contributed by atoms with E-state index in [-0.39, 0.29) is 18.3 Å². The van der Waals surface area contributed by atoms with E-state index in [9.17, 15) is 4.79 Å². The minimum atomic E-state index is -0.655. The van der Waals surface area contributed by atoms with Crippen molar-refractivity contribution in [2.75, 3.05) is 26.2 Å². The van der Waals surface area contributed by atoms with Gasteiger partial charge in [-0.2, -0.15) is 0 Å². The first kappa shape index (κ1) is 21.4. The molecular formula is C22H29ClN2O2. The van der Waals surface area contributed by atoms with E-state index in [0.717, 1.165) is 45.4 Å². The molecule has 2 N–H and O–H groups in total. The molecule has 0 spiro atoms. The van der Waals surface area contributed by atoms with E-state index in [1.54, 1.807) is 0 Å². The van der Waals surface area contributed by atoms with E-state index in [1.807, 2.05) is 6.07 Å². The third kappa shape index (κ3) is 6.98. The number of nitrogens with zero attached hydrogens (tertiary/aromatic N) is 1. The van der Waals surface area contributed by atoms with Crippen LogP contribution in [0.4, 0.5) is 0 Å². The molecule has 1 aliphatic rings. The number of piperidine rings is 1. The maximum atomic E-state index is 11.1. The Bertz CT molecular complexity index is 708. The summed E-state index contributed by atoms with van der Waals surface area (Å²) < 4.78 is 0. The Kier molecular flexibility index (Phi) is 8.79. The van der Waals surface area contributed by atoms with Gasteiger partial charge in [-0.1, -0.05) is 54.6 Å². The molecule has 0 amide bonds. The Morgan fingerprint density at radius 3 is 2.59 bits per heavy atom. The molecule has 146 valence electrons. The average Bonchev–Trinajstić information content (AvgIpc) is 2.67. The summed E-state index contributed by atoms with van der Waals surface area (Å²) in [5, 5.41) is 12.7. The van der Waals surface area contributed by atoms with Crippen LogP contribution in [-0.2, 0) is 17.8 Å². The van der Waals surface area contributed by atoms with E-state index >= 15 is 0 Å².